The van der Waals surface area contributed by atoms with Crippen molar-refractivity contribution < 1.29 is 18.0 Å². The largest absolute Gasteiger partial charge is 0.416 e. The molecule has 1 aromatic heterocycles. The highest BCUT2D eigenvalue weighted by molar-refractivity contribution is 7.17. The molecule has 0 aliphatic rings. The fourth-order valence-electron chi connectivity index (χ4n) is 1.60. The molecule has 0 aliphatic carbocycles. The number of aromatic nitrogens is 1. The van der Waals surface area contributed by atoms with Crippen LogP contribution in [0.5, 0.6) is 0 Å². The Morgan fingerprint density at radius 3 is 2.50 bits per heavy atom. The summed E-state index contributed by atoms with van der Waals surface area (Å²) in [5.41, 5.74) is 7.92. The first-order valence-corrected chi connectivity index (χ1v) is 6.82. The number of alkyl halides is 3. The van der Waals surface area contributed by atoms with Gasteiger partial charge in [0.2, 0.25) is 0 Å². The quantitative estimate of drug-likeness (QED) is 0.671. The first-order valence-electron chi connectivity index (χ1n) is 6.01. The lowest BCUT2D eigenvalue weighted by Gasteiger charge is -2.05. The van der Waals surface area contributed by atoms with Gasteiger partial charge >= 0.3 is 6.18 Å². The molecule has 0 fully saturated rings. The van der Waals surface area contributed by atoms with E-state index < -0.39 is 17.6 Å². The van der Waals surface area contributed by atoms with E-state index in [1.54, 1.807) is 6.92 Å². The van der Waals surface area contributed by atoms with Gasteiger partial charge in [0.25, 0.3) is 5.91 Å². The molecule has 2 aromatic rings. The van der Waals surface area contributed by atoms with E-state index in [0.29, 0.717) is 16.1 Å². The third-order valence-electron chi connectivity index (χ3n) is 2.64. The molecule has 3 N–H and O–H groups in total. The first-order chi connectivity index (χ1) is 10.3. The molecule has 5 nitrogen and oxygen atoms in total. The Morgan fingerprint density at radius 1 is 1.36 bits per heavy atom. The Bertz CT molecular complexity index is 707. The van der Waals surface area contributed by atoms with Crippen LogP contribution in [0.4, 0.5) is 18.3 Å². The van der Waals surface area contributed by atoms with Crippen LogP contribution in [0.1, 0.15) is 26.5 Å². The standard InChI is InChI=1S/C13H11F3N4OS/c1-7-10(22-12(17)19-7)11(21)20-18-6-8-2-4-9(5-3-8)13(14,15)16/h2-6H,1H3,(H2,17,19)(H,20,21)/b18-6+. The fourth-order valence-corrected chi connectivity index (χ4v) is 2.33. The maximum atomic E-state index is 12.4. The van der Waals surface area contributed by atoms with E-state index in [-0.39, 0.29) is 5.13 Å². The Hall–Kier alpha value is -2.42. The van der Waals surface area contributed by atoms with Crippen LogP contribution >= 0.6 is 11.3 Å². The number of hydrogen-bond acceptors (Lipinski definition) is 5. The van der Waals surface area contributed by atoms with Crippen LogP contribution in [0.3, 0.4) is 0 Å². The monoisotopic (exact) mass is 328 g/mol. The van der Waals surface area contributed by atoms with Gasteiger partial charge in [-0.25, -0.2) is 10.4 Å². The number of thiazole rings is 1. The Morgan fingerprint density at radius 2 is 2.00 bits per heavy atom. The number of hydrazone groups is 1. The van der Waals surface area contributed by atoms with Gasteiger partial charge in [-0.15, -0.1) is 0 Å². The molecular formula is C13H11F3N4OS. The summed E-state index contributed by atoms with van der Waals surface area (Å²) in [5, 5.41) is 3.96. The van der Waals surface area contributed by atoms with Crippen molar-refractivity contribution in [2.24, 2.45) is 5.10 Å². The number of carbonyl (C=O) groups excluding carboxylic acids is 1. The van der Waals surface area contributed by atoms with Crippen LogP contribution in [0.15, 0.2) is 29.4 Å². The van der Waals surface area contributed by atoms with Gasteiger partial charge in [0.1, 0.15) is 4.88 Å². The highest BCUT2D eigenvalue weighted by Crippen LogP contribution is 2.28. The number of anilines is 1. The van der Waals surface area contributed by atoms with Gasteiger partial charge in [0.15, 0.2) is 5.13 Å². The van der Waals surface area contributed by atoms with Crippen molar-refractivity contribution in [3.8, 4) is 0 Å². The van der Waals surface area contributed by atoms with E-state index in [4.69, 9.17) is 5.73 Å². The number of aryl methyl sites for hydroxylation is 1. The van der Waals surface area contributed by atoms with Crippen molar-refractivity contribution in [2.45, 2.75) is 13.1 Å². The number of nitrogens with zero attached hydrogens (tertiary/aromatic N) is 2. The summed E-state index contributed by atoms with van der Waals surface area (Å²) >= 11 is 1.03. The molecule has 0 saturated heterocycles. The molecule has 1 amide bonds. The summed E-state index contributed by atoms with van der Waals surface area (Å²) in [6.45, 7) is 1.64. The number of amides is 1. The van der Waals surface area contributed by atoms with Crippen LogP contribution in [0, 0.1) is 6.92 Å². The van der Waals surface area contributed by atoms with Crippen LogP contribution in [-0.2, 0) is 6.18 Å². The Kier molecular flexibility index (Phi) is 4.45. The smallest absolute Gasteiger partial charge is 0.375 e. The molecular weight excluding hydrogens is 317 g/mol. The number of nitrogens with one attached hydrogen (secondary N) is 1. The third kappa shape index (κ3) is 3.82. The fraction of sp³-hybridized carbons (Fsp3) is 0.154. The minimum absolute atomic E-state index is 0.273. The molecule has 0 unspecified atom stereocenters. The van der Waals surface area contributed by atoms with Crippen molar-refractivity contribution in [3.05, 3.63) is 46.0 Å². The van der Waals surface area contributed by atoms with E-state index in [1.165, 1.54) is 18.3 Å². The molecule has 0 radical (unpaired) electrons. The highest BCUT2D eigenvalue weighted by atomic mass is 32.1. The second-order valence-electron chi connectivity index (χ2n) is 4.29. The number of carbonyl (C=O) groups is 1. The predicted octanol–water partition coefficient (Wildman–Crippen LogP) is 2.82. The molecule has 1 aromatic carbocycles. The minimum atomic E-state index is -4.38. The summed E-state index contributed by atoms with van der Waals surface area (Å²) in [6.07, 6.45) is -3.13. The van der Waals surface area contributed by atoms with Gasteiger partial charge in [-0.3, -0.25) is 4.79 Å². The van der Waals surface area contributed by atoms with Gasteiger partial charge in [-0.1, -0.05) is 23.5 Å². The van der Waals surface area contributed by atoms with Gasteiger partial charge < -0.3 is 5.73 Å². The first kappa shape index (κ1) is 16.0. The molecule has 2 rings (SSSR count). The maximum Gasteiger partial charge on any atom is 0.416 e. The van der Waals surface area contributed by atoms with Crippen LogP contribution in [0.25, 0.3) is 0 Å². The van der Waals surface area contributed by atoms with Gasteiger partial charge in [0, 0.05) is 0 Å². The molecule has 0 aliphatic heterocycles. The van der Waals surface area contributed by atoms with E-state index in [2.05, 4.69) is 15.5 Å². The van der Waals surface area contributed by atoms with Gasteiger partial charge in [0.05, 0.1) is 17.5 Å². The molecule has 116 valence electrons. The maximum absolute atomic E-state index is 12.4. The summed E-state index contributed by atoms with van der Waals surface area (Å²) < 4.78 is 37.2. The van der Waals surface area contributed by atoms with E-state index in [9.17, 15) is 18.0 Å². The number of rotatable bonds is 3. The van der Waals surface area contributed by atoms with Crippen molar-refractivity contribution in [3.63, 3.8) is 0 Å². The lowest BCUT2D eigenvalue weighted by molar-refractivity contribution is -0.137. The molecule has 0 atom stereocenters. The molecule has 0 saturated carbocycles. The summed E-state index contributed by atoms with van der Waals surface area (Å²) in [5.74, 6) is -0.477. The second kappa shape index (κ2) is 6.14. The number of halogens is 3. The topological polar surface area (TPSA) is 80.4 Å². The lowest BCUT2D eigenvalue weighted by Crippen LogP contribution is -2.17. The van der Waals surface area contributed by atoms with E-state index in [0.717, 1.165) is 23.5 Å². The molecule has 1 heterocycles. The Balaban J connectivity index is 2.01. The van der Waals surface area contributed by atoms with E-state index >= 15 is 0 Å². The predicted molar refractivity (Wildman–Crippen MR) is 77.8 cm³/mol. The number of benzene rings is 1. The zero-order valence-corrected chi connectivity index (χ0v) is 12.1. The molecule has 9 heteroatoms. The summed E-state index contributed by atoms with van der Waals surface area (Å²) in [6, 6.07) is 4.40. The van der Waals surface area contributed by atoms with Crippen molar-refractivity contribution >= 4 is 28.6 Å². The van der Waals surface area contributed by atoms with E-state index in [1.807, 2.05) is 0 Å². The minimum Gasteiger partial charge on any atom is -0.375 e. The van der Waals surface area contributed by atoms with Crippen molar-refractivity contribution in [1.82, 2.24) is 10.4 Å². The zero-order valence-electron chi connectivity index (χ0n) is 11.3. The highest BCUT2D eigenvalue weighted by Gasteiger charge is 2.29. The van der Waals surface area contributed by atoms with Gasteiger partial charge in [-0.05, 0) is 24.6 Å². The van der Waals surface area contributed by atoms with Gasteiger partial charge in [-0.2, -0.15) is 18.3 Å². The summed E-state index contributed by atoms with van der Waals surface area (Å²) in [7, 11) is 0. The average molecular weight is 328 g/mol. The Labute approximate surface area is 127 Å². The van der Waals surface area contributed by atoms with Crippen LogP contribution in [-0.4, -0.2) is 17.1 Å². The summed E-state index contributed by atoms with van der Waals surface area (Å²) in [4.78, 5) is 16.0. The average Bonchev–Trinajstić information content (AvgIpc) is 2.77. The molecule has 22 heavy (non-hydrogen) atoms. The van der Waals surface area contributed by atoms with Crippen LogP contribution in [0.2, 0.25) is 0 Å². The van der Waals surface area contributed by atoms with Crippen molar-refractivity contribution in [1.29, 1.82) is 0 Å². The molecule has 0 bridgehead atoms. The number of nitrogens with two attached hydrogens (primary N) is 1. The lowest BCUT2D eigenvalue weighted by atomic mass is 10.1. The number of hydrogen-bond donors (Lipinski definition) is 2. The van der Waals surface area contributed by atoms with Crippen molar-refractivity contribution in [2.75, 3.05) is 5.73 Å². The normalized spacial score (nSPS) is 11.8. The van der Waals surface area contributed by atoms with Crippen LogP contribution < -0.4 is 11.2 Å². The number of nitrogen functional groups attached to an aromatic ring is 1. The molecule has 0 spiro atoms. The SMILES string of the molecule is Cc1nc(N)sc1C(=O)N/N=C/c1ccc(C(F)(F)F)cc1. The third-order valence-corrected chi connectivity index (χ3v) is 3.62. The zero-order chi connectivity index (χ0) is 16.3. The second-order valence-corrected chi connectivity index (χ2v) is 5.32.